The van der Waals surface area contributed by atoms with Crippen LogP contribution < -0.4 is 10.2 Å². The van der Waals surface area contributed by atoms with Crippen molar-refractivity contribution in [3.8, 4) is 11.8 Å². The minimum absolute atomic E-state index is 0.111. The smallest absolute Gasteiger partial charge is 0.251 e. The Morgan fingerprint density at radius 3 is 2.37 bits per heavy atom. The normalized spacial score (nSPS) is 11.8. The summed E-state index contributed by atoms with van der Waals surface area (Å²) in [6.45, 7) is 0.591. The highest BCUT2D eigenvalue weighted by molar-refractivity contribution is 5.97. The molecular formula is C25H19FN2O2. The number of amides is 2. The van der Waals surface area contributed by atoms with Gasteiger partial charge in [0, 0.05) is 29.7 Å². The molecule has 2 amide bonds. The number of hydrogen-bond acceptors (Lipinski definition) is 2. The fourth-order valence-corrected chi connectivity index (χ4v) is 3.33. The van der Waals surface area contributed by atoms with Crippen LogP contribution in [0.15, 0.2) is 72.8 Å². The number of fused-ring (bicyclic) bond motifs is 2. The van der Waals surface area contributed by atoms with E-state index in [1.54, 1.807) is 4.90 Å². The van der Waals surface area contributed by atoms with E-state index in [0.29, 0.717) is 12.1 Å². The zero-order chi connectivity index (χ0) is 20.9. The molecule has 148 valence electrons. The van der Waals surface area contributed by atoms with Crippen LogP contribution >= 0.6 is 0 Å². The number of carbonyl (C=O) groups excluding carboxylic acids is 2. The molecule has 5 heteroatoms. The highest BCUT2D eigenvalue weighted by atomic mass is 18.2. The minimum atomic E-state index is -0.402. The van der Waals surface area contributed by atoms with Gasteiger partial charge in [-0.05, 0) is 48.0 Å². The van der Waals surface area contributed by atoms with Gasteiger partial charge in [-0.3, -0.25) is 9.59 Å². The summed E-state index contributed by atoms with van der Waals surface area (Å²) in [6.07, 6.45) is 0.136. The number of nitrogens with one attached hydrogen (secondary N) is 1. The van der Waals surface area contributed by atoms with Crippen molar-refractivity contribution in [3.63, 3.8) is 0 Å². The first-order chi connectivity index (χ1) is 14.6. The molecule has 1 aliphatic rings. The van der Waals surface area contributed by atoms with E-state index in [9.17, 15) is 14.0 Å². The first-order valence-corrected chi connectivity index (χ1v) is 9.65. The zero-order valence-electron chi connectivity index (χ0n) is 16.2. The van der Waals surface area contributed by atoms with Gasteiger partial charge in [0.2, 0.25) is 5.91 Å². The first-order valence-electron chi connectivity index (χ1n) is 9.65. The van der Waals surface area contributed by atoms with Crippen LogP contribution in [0.25, 0.3) is 0 Å². The van der Waals surface area contributed by atoms with Crippen LogP contribution in [0.3, 0.4) is 0 Å². The molecule has 0 atom stereocenters. The summed E-state index contributed by atoms with van der Waals surface area (Å²) in [4.78, 5) is 27.0. The van der Waals surface area contributed by atoms with Gasteiger partial charge in [-0.1, -0.05) is 42.2 Å². The third-order valence-corrected chi connectivity index (χ3v) is 4.90. The summed E-state index contributed by atoms with van der Waals surface area (Å²) < 4.78 is 13.0. The predicted molar refractivity (Wildman–Crippen MR) is 113 cm³/mol. The number of hydrogen-bond donors (Lipinski definition) is 1. The van der Waals surface area contributed by atoms with Crippen molar-refractivity contribution in [2.45, 2.75) is 13.0 Å². The van der Waals surface area contributed by atoms with Crippen LogP contribution in [0.5, 0.6) is 0 Å². The van der Waals surface area contributed by atoms with Gasteiger partial charge in [-0.25, -0.2) is 4.39 Å². The molecule has 0 saturated heterocycles. The fraction of sp³-hybridized carbons (Fsp3) is 0.120. The third-order valence-electron chi connectivity index (χ3n) is 4.90. The van der Waals surface area contributed by atoms with E-state index in [0.717, 1.165) is 22.4 Å². The monoisotopic (exact) mass is 397 g/mol. The molecule has 30 heavy (non-hydrogen) atoms. The molecule has 0 spiro atoms. The quantitative estimate of drug-likeness (QED) is 0.679. The summed E-state index contributed by atoms with van der Waals surface area (Å²) >= 11 is 0. The number of anilines is 1. The Labute approximate surface area is 174 Å². The summed E-state index contributed by atoms with van der Waals surface area (Å²) in [6, 6.07) is 20.6. The molecule has 0 fully saturated rings. The Kier molecular flexibility index (Phi) is 5.58. The molecule has 0 aliphatic carbocycles. The average Bonchev–Trinajstić information content (AvgIpc) is 2.75. The molecule has 1 N–H and O–H groups in total. The lowest BCUT2D eigenvalue weighted by Crippen LogP contribution is -2.35. The number of nitrogens with zero attached hydrogens (tertiary/aromatic N) is 1. The maximum atomic E-state index is 13.1. The fourth-order valence-electron chi connectivity index (χ4n) is 3.33. The molecule has 3 aromatic carbocycles. The van der Waals surface area contributed by atoms with Gasteiger partial charge >= 0.3 is 0 Å². The molecule has 0 radical (unpaired) electrons. The second kappa shape index (κ2) is 8.62. The summed E-state index contributed by atoms with van der Waals surface area (Å²) in [7, 11) is 0. The van der Waals surface area contributed by atoms with Crippen LogP contribution in [0.1, 0.15) is 33.5 Å². The Hall–Kier alpha value is -3.91. The predicted octanol–water partition coefficient (Wildman–Crippen LogP) is 3.89. The topological polar surface area (TPSA) is 49.4 Å². The Balaban J connectivity index is 1.50. The van der Waals surface area contributed by atoms with E-state index in [4.69, 9.17) is 0 Å². The minimum Gasteiger partial charge on any atom is -0.352 e. The van der Waals surface area contributed by atoms with Crippen LogP contribution in [0.2, 0.25) is 0 Å². The van der Waals surface area contributed by atoms with Gasteiger partial charge in [0.05, 0.1) is 12.2 Å². The molecule has 4 rings (SSSR count). The number of halogens is 1. The molecule has 0 bridgehead atoms. The van der Waals surface area contributed by atoms with Crippen LogP contribution in [-0.4, -0.2) is 18.4 Å². The van der Waals surface area contributed by atoms with Crippen LogP contribution in [0, 0.1) is 17.7 Å². The zero-order valence-corrected chi connectivity index (χ0v) is 16.2. The lowest BCUT2D eigenvalue weighted by Gasteiger charge is -2.26. The van der Waals surface area contributed by atoms with Crippen molar-refractivity contribution in [1.82, 2.24) is 5.32 Å². The van der Waals surface area contributed by atoms with Gasteiger partial charge in [-0.2, -0.15) is 0 Å². The van der Waals surface area contributed by atoms with E-state index in [1.807, 2.05) is 48.5 Å². The van der Waals surface area contributed by atoms with Crippen molar-refractivity contribution >= 4 is 17.5 Å². The SMILES string of the molecule is O=C(NCCC(=O)N1Cc2ccccc2C#Cc2ccccc21)c1ccc([18F])cc1. The summed E-state index contributed by atoms with van der Waals surface area (Å²) in [5, 5.41) is 2.72. The van der Waals surface area contributed by atoms with Gasteiger partial charge in [0.25, 0.3) is 5.91 Å². The number of carbonyl (C=O) groups is 2. The molecule has 0 aromatic heterocycles. The second-order valence-corrected chi connectivity index (χ2v) is 6.92. The largest absolute Gasteiger partial charge is 0.352 e. The van der Waals surface area contributed by atoms with Crippen molar-refractivity contribution < 1.29 is 14.0 Å². The summed E-state index contributed by atoms with van der Waals surface area (Å²) in [5.41, 5.74) is 3.77. The van der Waals surface area contributed by atoms with Gasteiger partial charge in [-0.15, -0.1) is 0 Å². The Morgan fingerprint density at radius 2 is 1.57 bits per heavy atom. The molecule has 1 heterocycles. The Bertz CT molecular complexity index is 1160. The summed E-state index contributed by atoms with van der Waals surface area (Å²) in [5.74, 6) is 5.50. The van der Waals surface area contributed by atoms with Crippen LogP contribution in [-0.2, 0) is 11.3 Å². The molecule has 0 unspecified atom stereocenters. The van der Waals surface area contributed by atoms with Gasteiger partial charge in [0.15, 0.2) is 0 Å². The van der Waals surface area contributed by atoms with Gasteiger partial charge < -0.3 is 10.2 Å². The van der Waals surface area contributed by atoms with E-state index in [2.05, 4.69) is 17.2 Å². The lowest BCUT2D eigenvalue weighted by molar-refractivity contribution is -0.118. The molecule has 0 saturated carbocycles. The van der Waals surface area contributed by atoms with Gasteiger partial charge in [0.1, 0.15) is 5.82 Å². The number of benzene rings is 3. The highest BCUT2D eigenvalue weighted by Gasteiger charge is 2.21. The maximum absolute atomic E-state index is 13.1. The number of para-hydroxylation sites is 1. The standard InChI is InChI=1S/C25H19FN2O2/c26-22-13-11-20(12-14-22)25(30)27-16-15-24(29)28-17-21-7-2-1-5-18(21)9-10-19-6-3-4-8-23(19)28/h1-8,11-14H,15-17H2,(H,27,30)/i26-1. The first kappa shape index (κ1) is 19.4. The molecule has 3 aromatic rings. The second-order valence-electron chi connectivity index (χ2n) is 6.92. The van der Waals surface area contributed by atoms with E-state index in [1.165, 1.54) is 24.3 Å². The highest BCUT2D eigenvalue weighted by Crippen LogP contribution is 2.25. The Morgan fingerprint density at radius 1 is 0.900 bits per heavy atom. The van der Waals surface area contributed by atoms with Crippen molar-refractivity contribution in [2.75, 3.05) is 11.4 Å². The van der Waals surface area contributed by atoms with E-state index < -0.39 is 5.82 Å². The molecule has 4 nitrogen and oxygen atoms in total. The van der Waals surface area contributed by atoms with E-state index >= 15 is 0 Å². The molecular weight excluding hydrogens is 378 g/mol. The molecule has 1 aliphatic heterocycles. The van der Waals surface area contributed by atoms with Crippen molar-refractivity contribution in [2.24, 2.45) is 0 Å². The third kappa shape index (κ3) is 4.23. The maximum Gasteiger partial charge on any atom is 0.251 e. The van der Waals surface area contributed by atoms with E-state index in [-0.39, 0.29) is 24.8 Å². The average molecular weight is 397 g/mol. The number of rotatable bonds is 4. The lowest BCUT2D eigenvalue weighted by atomic mass is 10.0. The van der Waals surface area contributed by atoms with Crippen molar-refractivity contribution in [3.05, 3.63) is 101 Å². The van der Waals surface area contributed by atoms with Crippen molar-refractivity contribution in [1.29, 1.82) is 0 Å². The van der Waals surface area contributed by atoms with Crippen LogP contribution in [0.4, 0.5) is 10.1 Å².